The van der Waals surface area contributed by atoms with E-state index in [1.165, 1.54) is 11.4 Å². The second-order valence-corrected chi connectivity index (χ2v) is 7.57. The minimum Gasteiger partial charge on any atom is -0.207 e. The first kappa shape index (κ1) is 16.6. The van der Waals surface area contributed by atoms with Crippen molar-refractivity contribution in [1.82, 2.24) is 4.31 Å². The van der Waals surface area contributed by atoms with Crippen LogP contribution in [0.3, 0.4) is 0 Å². The average Bonchev–Trinajstić information content (AvgIpc) is 2.49. The zero-order valence-corrected chi connectivity index (χ0v) is 13.4. The SMILES string of the molecule is CN(C1CCCCC1)S(=O)(=O)c1cc(CCl)cc(F)c1F. The highest BCUT2D eigenvalue weighted by Gasteiger charge is 2.32. The zero-order valence-electron chi connectivity index (χ0n) is 11.8. The molecule has 0 unspecified atom stereocenters. The van der Waals surface area contributed by atoms with Gasteiger partial charge in [0.1, 0.15) is 4.90 Å². The van der Waals surface area contributed by atoms with Crippen LogP contribution in [0.5, 0.6) is 0 Å². The van der Waals surface area contributed by atoms with Crippen LogP contribution in [-0.4, -0.2) is 25.8 Å². The van der Waals surface area contributed by atoms with E-state index in [0.29, 0.717) is 0 Å². The van der Waals surface area contributed by atoms with Crippen molar-refractivity contribution in [2.24, 2.45) is 0 Å². The van der Waals surface area contributed by atoms with Crippen LogP contribution in [0.15, 0.2) is 17.0 Å². The monoisotopic (exact) mass is 337 g/mol. The summed E-state index contributed by atoms with van der Waals surface area (Å²) < 4.78 is 53.7. The topological polar surface area (TPSA) is 37.4 Å². The summed E-state index contributed by atoms with van der Waals surface area (Å²) in [6, 6.07) is 1.87. The normalized spacial score (nSPS) is 17.4. The molecule has 0 N–H and O–H groups in total. The first-order chi connectivity index (χ1) is 9.87. The van der Waals surface area contributed by atoms with Gasteiger partial charge in [0, 0.05) is 19.0 Å². The van der Waals surface area contributed by atoms with E-state index in [1.807, 2.05) is 0 Å². The molecule has 3 nitrogen and oxygen atoms in total. The summed E-state index contributed by atoms with van der Waals surface area (Å²) in [5.41, 5.74) is 0.242. The fraction of sp³-hybridized carbons (Fsp3) is 0.571. The van der Waals surface area contributed by atoms with E-state index in [9.17, 15) is 17.2 Å². The quantitative estimate of drug-likeness (QED) is 0.786. The Bertz CT molecular complexity index is 616. The molecule has 0 aromatic heterocycles. The van der Waals surface area contributed by atoms with Gasteiger partial charge in [-0.3, -0.25) is 0 Å². The van der Waals surface area contributed by atoms with Crippen LogP contribution in [-0.2, 0) is 15.9 Å². The van der Waals surface area contributed by atoms with Crippen molar-refractivity contribution in [3.63, 3.8) is 0 Å². The molecule has 1 aliphatic rings. The summed E-state index contributed by atoms with van der Waals surface area (Å²) >= 11 is 5.60. The molecule has 1 fully saturated rings. The van der Waals surface area contributed by atoms with Gasteiger partial charge in [-0.2, -0.15) is 4.31 Å². The van der Waals surface area contributed by atoms with Crippen LogP contribution in [0.25, 0.3) is 0 Å². The van der Waals surface area contributed by atoms with Crippen LogP contribution >= 0.6 is 11.6 Å². The van der Waals surface area contributed by atoms with Crippen LogP contribution in [0.1, 0.15) is 37.7 Å². The molecular weight excluding hydrogens is 320 g/mol. The van der Waals surface area contributed by atoms with Gasteiger partial charge in [-0.15, -0.1) is 11.6 Å². The predicted octanol–water partition coefficient (Wildman–Crippen LogP) is 3.66. The summed E-state index contributed by atoms with van der Waals surface area (Å²) in [4.78, 5) is -0.633. The molecule has 1 aromatic carbocycles. The molecule has 0 bridgehead atoms. The highest BCUT2D eigenvalue weighted by atomic mass is 35.5. The van der Waals surface area contributed by atoms with Gasteiger partial charge in [-0.25, -0.2) is 17.2 Å². The molecule has 0 atom stereocenters. The van der Waals surface area contributed by atoms with Crippen molar-refractivity contribution in [3.05, 3.63) is 29.3 Å². The standard InChI is InChI=1S/C14H18ClF2NO2S/c1-18(11-5-3-2-4-6-11)21(19,20)13-8-10(9-15)7-12(16)14(13)17/h7-8,11H,2-6,9H2,1H3. The Morgan fingerprint density at radius 1 is 1.24 bits per heavy atom. The Balaban J connectivity index is 2.40. The molecular formula is C14H18ClF2NO2S. The van der Waals surface area contributed by atoms with Gasteiger partial charge in [0.25, 0.3) is 0 Å². The Hall–Kier alpha value is -0.720. The lowest BCUT2D eigenvalue weighted by Crippen LogP contribution is -2.38. The van der Waals surface area contributed by atoms with Gasteiger partial charge in [-0.1, -0.05) is 19.3 Å². The molecule has 0 radical (unpaired) electrons. The van der Waals surface area contributed by atoms with Crippen LogP contribution < -0.4 is 0 Å². The van der Waals surface area contributed by atoms with Crippen LogP contribution in [0.2, 0.25) is 0 Å². The summed E-state index contributed by atoms with van der Waals surface area (Å²) in [5, 5.41) is 0. The molecule has 0 amide bonds. The third-order valence-corrected chi connectivity index (χ3v) is 6.17. The maximum absolute atomic E-state index is 13.9. The first-order valence-electron chi connectivity index (χ1n) is 6.90. The molecule has 0 aliphatic heterocycles. The Morgan fingerprint density at radius 2 is 1.86 bits per heavy atom. The van der Waals surface area contributed by atoms with Gasteiger partial charge < -0.3 is 0 Å². The maximum Gasteiger partial charge on any atom is 0.246 e. The van der Waals surface area contributed by atoms with Gasteiger partial charge in [-0.05, 0) is 30.5 Å². The number of rotatable bonds is 4. The molecule has 1 aromatic rings. The number of sulfonamides is 1. The second-order valence-electron chi connectivity index (χ2n) is 5.34. The van der Waals surface area contributed by atoms with Crippen molar-refractivity contribution in [2.75, 3.05) is 7.05 Å². The smallest absolute Gasteiger partial charge is 0.207 e. The third kappa shape index (κ3) is 3.38. The van der Waals surface area contributed by atoms with Crippen LogP contribution in [0, 0.1) is 11.6 Å². The fourth-order valence-electron chi connectivity index (χ4n) is 2.68. The summed E-state index contributed by atoms with van der Waals surface area (Å²) in [5.74, 6) is -2.61. The molecule has 1 aliphatic carbocycles. The number of halogens is 3. The molecule has 0 spiro atoms. The number of hydrogen-bond acceptors (Lipinski definition) is 2. The van der Waals surface area contributed by atoms with E-state index >= 15 is 0 Å². The summed E-state index contributed by atoms with van der Waals surface area (Å²) in [6.45, 7) is 0. The molecule has 2 rings (SSSR count). The summed E-state index contributed by atoms with van der Waals surface area (Å²) in [6.07, 6.45) is 4.46. The zero-order chi connectivity index (χ0) is 15.6. The van der Waals surface area contributed by atoms with E-state index in [1.54, 1.807) is 0 Å². The minimum absolute atomic E-state index is 0.0765. The second kappa shape index (κ2) is 6.58. The Morgan fingerprint density at radius 3 is 2.43 bits per heavy atom. The van der Waals surface area contributed by atoms with Crippen molar-refractivity contribution in [2.45, 2.75) is 48.9 Å². The van der Waals surface area contributed by atoms with E-state index in [2.05, 4.69) is 0 Å². The van der Waals surface area contributed by atoms with E-state index in [0.717, 1.165) is 44.2 Å². The van der Waals surface area contributed by atoms with Crippen molar-refractivity contribution in [3.8, 4) is 0 Å². The van der Waals surface area contributed by atoms with Crippen LogP contribution in [0.4, 0.5) is 8.78 Å². The average molecular weight is 338 g/mol. The molecule has 0 saturated heterocycles. The molecule has 0 heterocycles. The number of nitrogens with zero attached hydrogens (tertiary/aromatic N) is 1. The number of hydrogen-bond donors (Lipinski definition) is 0. The van der Waals surface area contributed by atoms with E-state index in [-0.39, 0.29) is 17.5 Å². The number of alkyl halides is 1. The number of benzene rings is 1. The summed E-state index contributed by atoms with van der Waals surface area (Å²) in [7, 11) is -2.64. The highest BCUT2D eigenvalue weighted by molar-refractivity contribution is 7.89. The van der Waals surface area contributed by atoms with Gasteiger partial charge in [0.05, 0.1) is 0 Å². The lowest BCUT2D eigenvalue weighted by Gasteiger charge is -2.30. The lowest BCUT2D eigenvalue weighted by molar-refractivity contribution is 0.284. The Kier molecular flexibility index (Phi) is 5.22. The van der Waals surface area contributed by atoms with Gasteiger partial charge in [0.2, 0.25) is 10.0 Å². The first-order valence-corrected chi connectivity index (χ1v) is 8.87. The Labute approximate surface area is 129 Å². The van der Waals surface area contributed by atoms with Crippen molar-refractivity contribution >= 4 is 21.6 Å². The highest BCUT2D eigenvalue weighted by Crippen LogP contribution is 2.29. The molecule has 1 saturated carbocycles. The molecule has 7 heteroatoms. The van der Waals surface area contributed by atoms with Crippen molar-refractivity contribution in [1.29, 1.82) is 0 Å². The maximum atomic E-state index is 13.9. The van der Waals surface area contributed by atoms with Crippen molar-refractivity contribution < 1.29 is 17.2 Å². The fourth-order valence-corrected chi connectivity index (χ4v) is 4.37. The predicted molar refractivity (Wildman–Crippen MR) is 77.7 cm³/mol. The van der Waals surface area contributed by atoms with E-state index in [4.69, 9.17) is 11.6 Å². The van der Waals surface area contributed by atoms with Gasteiger partial charge in [0.15, 0.2) is 11.6 Å². The third-order valence-electron chi connectivity index (χ3n) is 3.95. The minimum atomic E-state index is -4.06. The lowest BCUT2D eigenvalue weighted by atomic mass is 9.96. The largest absolute Gasteiger partial charge is 0.246 e. The van der Waals surface area contributed by atoms with E-state index < -0.39 is 26.6 Å². The molecule has 21 heavy (non-hydrogen) atoms. The molecule has 118 valence electrons. The van der Waals surface area contributed by atoms with Gasteiger partial charge >= 0.3 is 0 Å².